The van der Waals surface area contributed by atoms with Gasteiger partial charge in [0, 0.05) is 31.1 Å². The Morgan fingerprint density at radius 1 is 1.41 bits per heavy atom. The molecule has 0 N–H and O–H groups in total. The number of rotatable bonds is 3. The number of allylic oxidation sites excluding steroid dienone is 1. The Balaban J connectivity index is 2.57. The predicted molar refractivity (Wildman–Crippen MR) is 84.6 cm³/mol. The maximum Gasteiger partial charge on any atom is 0.338 e. The van der Waals surface area contributed by atoms with Gasteiger partial charge in [0.05, 0.1) is 23.4 Å². The molecule has 0 bridgehead atoms. The summed E-state index contributed by atoms with van der Waals surface area (Å²) in [5.41, 5.74) is 1.75. The zero-order valence-corrected chi connectivity index (χ0v) is 14.5. The lowest BCUT2D eigenvalue weighted by Gasteiger charge is -2.38. The van der Waals surface area contributed by atoms with Crippen LogP contribution in [0, 0.1) is 0 Å². The van der Waals surface area contributed by atoms with Crippen molar-refractivity contribution < 1.29 is 14.3 Å². The number of carbonyl (C=O) groups is 2. The van der Waals surface area contributed by atoms with Crippen LogP contribution >= 0.6 is 11.3 Å². The summed E-state index contributed by atoms with van der Waals surface area (Å²) in [7, 11) is 4.66. The molecule has 1 aromatic rings. The molecule has 0 saturated heterocycles. The van der Waals surface area contributed by atoms with Gasteiger partial charge >= 0.3 is 12.0 Å². The minimum absolute atomic E-state index is 0.172. The second-order valence-electron chi connectivity index (χ2n) is 5.61. The Labute approximate surface area is 134 Å². The van der Waals surface area contributed by atoms with Crippen LogP contribution in [0.5, 0.6) is 0 Å². The van der Waals surface area contributed by atoms with Crippen LogP contribution in [0.4, 0.5) is 4.79 Å². The Hall–Kier alpha value is -1.89. The first-order chi connectivity index (χ1) is 10.3. The van der Waals surface area contributed by atoms with E-state index in [2.05, 4.69) is 18.8 Å². The summed E-state index contributed by atoms with van der Waals surface area (Å²) in [6.07, 6.45) is 0. The van der Waals surface area contributed by atoms with Crippen molar-refractivity contribution in [2.75, 3.05) is 21.2 Å². The minimum atomic E-state index is -0.514. The average molecular weight is 323 g/mol. The van der Waals surface area contributed by atoms with Crippen LogP contribution < -0.4 is 0 Å². The summed E-state index contributed by atoms with van der Waals surface area (Å²) in [6.45, 7) is 5.88. The minimum Gasteiger partial charge on any atom is -0.466 e. The van der Waals surface area contributed by atoms with E-state index in [1.165, 1.54) is 16.9 Å². The van der Waals surface area contributed by atoms with Gasteiger partial charge in [0.25, 0.3) is 0 Å². The number of urea groups is 1. The molecule has 1 aromatic heterocycles. The molecule has 22 heavy (non-hydrogen) atoms. The van der Waals surface area contributed by atoms with Crippen LogP contribution in [0.25, 0.3) is 0 Å². The number of carbonyl (C=O) groups excluding carboxylic acids is 2. The van der Waals surface area contributed by atoms with Gasteiger partial charge in [-0.1, -0.05) is 13.8 Å². The lowest BCUT2D eigenvalue weighted by Crippen LogP contribution is -2.47. The molecule has 1 aliphatic rings. The van der Waals surface area contributed by atoms with Gasteiger partial charge in [-0.15, -0.1) is 11.3 Å². The van der Waals surface area contributed by atoms with Gasteiger partial charge in [0.1, 0.15) is 6.04 Å². The summed E-state index contributed by atoms with van der Waals surface area (Å²) >= 11 is 1.54. The predicted octanol–water partition coefficient (Wildman–Crippen LogP) is 2.75. The number of amides is 2. The highest BCUT2D eigenvalue weighted by atomic mass is 32.1. The molecule has 1 atom stereocenters. The van der Waals surface area contributed by atoms with Crippen molar-refractivity contribution >= 4 is 23.3 Å². The standard InChI is InChI=1S/C15H21N3O3S/c1-8(2)13-16-10(7-22-13)12-11(14(19)21-6)9(3)17(4)15(20)18(12)5/h7-8,12H,1-6H3/t12-/m0/s1. The van der Waals surface area contributed by atoms with E-state index >= 15 is 0 Å². The maximum atomic E-state index is 12.4. The zero-order valence-electron chi connectivity index (χ0n) is 13.7. The number of nitrogens with zero attached hydrogens (tertiary/aromatic N) is 3. The number of likely N-dealkylation sites (N-methyl/N-ethyl adjacent to an activating group) is 1. The highest BCUT2D eigenvalue weighted by molar-refractivity contribution is 7.09. The molecule has 0 saturated carbocycles. The van der Waals surface area contributed by atoms with E-state index < -0.39 is 12.0 Å². The lowest BCUT2D eigenvalue weighted by atomic mass is 9.98. The highest BCUT2D eigenvalue weighted by Crippen LogP contribution is 2.37. The molecule has 1 aliphatic heterocycles. The van der Waals surface area contributed by atoms with E-state index in [0.717, 1.165) is 5.01 Å². The first-order valence-electron chi connectivity index (χ1n) is 7.04. The smallest absolute Gasteiger partial charge is 0.338 e. The van der Waals surface area contributed by atoms with Crippen molar-refractivity contribution in [3.05, 3.63) is 27.4 Å². The molecule has 6 nitrogen and oxygen atoms in total. The van der Waals surface area contributed by atoms with Gasteiger partial charge in [-0.05, 0) is 6.92 Å². The summed E-state index contributed by atoms with van der Waals surface area (Å²) in [5, 5.41) is 2.89. The molecule has 2 amide bonds. The van der Waals surface area contributed by atoms with E-state index in [-0.39, 0.29) is 6.03 Å². The Morgan fingerprint density at radius 2 is 2.05 bits per heavy atom. The van der Waals surface area contributed by atoms with Crippen LogP contribution in [-0.4, -0.2) is 48.0 Å². The van der Waals surface area contributed by atoms with Crippen LogP contribution in [0.1, 0.15) is 43.4 Å². The van der Waals surface area contributed by atoms with Gasteiger partial charge in [0.15, 0.2) is 0 Å². The number of aromatic nitrogens is 1. The van der Waals surface area contributed by atoms with Gasteiger partial charge in [-0.25, -0.2) is 14.6 Å². The van der Waals surface area contributed by atoms with Gasteiger partial charge < -0.3 is 14.5 Å². The van der Waals surface area contributed by atoms with E-state index in [9.17, 15) is 9.59 Å². The van der Waals surface area contributed by atoms with E-state index in [4.69, 9.17) is 4.74 Å². The average Bonchev–Trinajstić information content (AvgIpc) is 2.97. The Bertz CT molecular complexity index is 636. The molecule has 0 unspecified atom stereocenters. The van der Waals surface area contributed by atoms with Crippen molar-refractivity contribution in [3.8, 4) is 0 Å². The summed E-state index contributed by atoms with van der Waals surface area (Å²) in [5.74, 6) is -0.134. The van der Waals surface area contributed by atoms with E-state index in [0.29, 0.717) is 22.9 Å². The SMILES string of the molecule is COC(=O)C1=C(C)N(C)C(=O)N(C)[C@H]1c1csc(C(C)C)n1. The largest absolute Gasteiger partial charge is 0.466 e. The van der Waals surface area contributed by atoms with E-state index in [1.807, 2.05) is 5.38 Å². The molecular weight excluding hydrogens is 302 g/mol. The quantitative estimate of drug-likeness (QED) is 0.802. The second-order valence-corrected chi connectivity index (χ2v) is 6.50. The topological polar surface area (TPSA) is 62.7 Å². The third-order valence-electron chi connectivity index (χ3n) is 3.86. The first kappa shape index (κ1) is 16.5. The number of methoxy groups -OCH3 is 1. The van der Waals surface area contributed by atoms with Crippen molar-refractivity contribution in [1.29, 1.82) is 0 Å². The van der Waals surface area contributed by atoms with Gasteiger partial charge in [-0.3, -0.25) is 0 Å². The lowest BCUT2D eigenvalue weighted by molar-refractivity contribution is -0.137. The van der Waals surface area contributed by atoms with Crippen molar-refractivity contribution in [1.82, 2.24) is 14.8 Å². The first-order valence-corrected chi connectivity index (χ1v) is 7.92. The molecule has 120 valence electrons. The normalized spacial score (nSPS) is 19.2. The molecule has 0 fully saturated rings. The zero-order chi connectivity index (χ0) is 16.6. The fourth-order valence-corrected chi connectivity index (χ4v) is 3.32. The van der Waals surface area contributed by atoms with Crippen LogP contribution in [-0.2, 0) is 9.53 Å². The summed E-state index contributed by atoms with van der Waals surface area (Å²) < 4.78 is 4.91. The highest BCUT2D eigenvalue weighted by Gasteiger charge is 2.40. The molecule has 2 rings (SSSR count). The number of thiazole rings is 1. The fraction of sp³-hybridized carbons (Fsp3) is 0.533. The molecular formula is C15H21N3O3S. The van der Waals surface area contributed by atoms with Crippen molar-refractivity contribution in [2.24, 2.45) is 0 Å². The van der Waals surface area contributed by atoms with Crippen molar-refractivity contribution in [3.63, 3.8) is 0 Å². The second kappa shape index (κ2) is 6.08. The molecule has 0 spiro atoms. The number of esters is 1. The van der Waals surface area contributed by atoms with Crippen LogP contribution in [0.15, 0.2) is 16.7 Å². The monoisotopic (exact) mass is 323 g/mol. The van der Waals surface area contributed by atoms with Crippen LogP contribution in [0.2, 0.25) is 0 Å². The van der Waals surface area contributed by atoms with Gasteiger partial charge in [0.2, 0.25) is 0 Å². The Morgan fingerprint density at radius 3 is 2.55 bits per heavy atom. The molecule has 2 heterocycles. The van der Waals surface area contributed by atoms with Crippen molar-refractivity contribution in [2.45, 2.75) is 32.7 Å². The summed E-state index contributed by atoms with van der Waals surface area (Å²) in [6, 6.07) is -0.686. The molecule has 0 radical (unpaired) electrons. The fourth-order valence-electron chi connectivity index (χ4n) is 2.47. The number of hydrogen-bond donors (Lipinski definition) is 0. The maximum absolute atomic E-state index is 12.4. The molecule has 0 aromatic carbocycles. The van der Waals surface area contributed by atoms with E-state index in [1.54, 1.807) is 32.4 Å². The molecule has 0 aliphatic carbocycles. The molecule has 7 heteroatoms. The van der Waals surface area contributed by atoms with Crippen LogP contribution in [0.3, 0.4) is 0 Å². The summed E-state index contributed by atoms with van der Waals surface area (Å²) in [4.78, 5) is 32.2. The Kier molecular flexibility index (Phi) is 4.55. The number of hydrogen-bond acceptors (Lipinski definition) is 5. The van der Waals surface area contributed by atoms with Gasteiger partial charge in [-0.2, -0.15) is 0 Å². The third kappa shape index (κ3) is 2.61. The third-order valence-corrected chi connectivity index (χ3v) is 5.02. The number of ether oxygens (including phenoxy) is 1.